The largest absolute Gasteiger partial charge is 0.350 e. The van der Waals surface area contributed by atoms with E-state index in [4.69, 9.17) is 0 Å². The van der Waals surface area contributed by atoms with Crippen LogP contribution in [0.3, 0.4) is 0 Å². The van der Waals surface area contributed by atoms with Crippen LogP contribution < -0.4 is 5.32 Å². The van der Waals surface area contributed by atoms with Crippen molar-refractivity contribution in [2.45, 2.75) is 26.3 Å². The molecule has 1 aromatic rings. The van der Waals surface area contributed by atoms with E-state index in [1.54, 1.807) is 16.0 Å². The molecule has 0 radical (unpaired) electrons. The molecule has 0 atom stereocenters. The number of nitrogens with zero attached hydrogens (tertiary/aromatic N) is 3. The Morgan fingerprint density at radius 3 is 2.33 bits per heavy atom. The molecule has 7 nitrogen and oxygen atoms in total. The minimum Gasteiger partial charge on any atom is -0.350 e. The van der Waals surface area contributed by atoms with Crippen LogP contribution in [0.4, 0.5) is 0 Å². The molecule has 2 heterocycles. The molecule has 1 saturated heterocycles. The number of carbonyl (C=O) groups is 3. The maximum Gasteiger partial charge on any atom is 0.238 e. The van der Waals surface area contributed by atoms with Gasteiger partial charge in [-0.25, -0.2) is 0 Å². The van der Waals surface area contributed by atoms with Crippen molar-refractivity contribution in [1.29, 1.82) is 0 Å². The summed E-state index contributed by atoms with van der Waals surface area (Å²) in [6, 6.07) is 5.52. The summed E-state index contributed by atoms with van der Waals surface area (Å²) < 4.78 is 0. The fraction of sp³-hybridized carbons (Fsp3) is 0.529. The quantitative estimate of drug-likeness (QED) is 0.798. The molecule has 1 aliphatic carbocycles. The van der Waals surface area contributed by atoms with E-state index in [1.807, 2.05) is 18.2 Å². The number of aromatic nitrogens is 1. The van der Waals surface area contributed by atoms with Crippen LogP contribution >= 0.6 is 0 Å². The van der Waals surface area contributed by atoms with Crippen molar-refractivity contribution in [1.82, 2.24) is 20.1 Å². The predicted octanol–water partition coefficient (Wildman–Crippen LogP) is 0.169. The first kappa shape index (κ1) is 16.4. The topological polar surface area (TPSA) is 82.6 Å². The minimum atomic E-state index is -0.910. The molecule has 24 heavy (non-hydrogen) atoms. The van der Waals surface area contributed by atoms with Crippen LogP contribution in [0.15, 0.2) is 24.4 Å². The Labute approximate surface area is 141 Å². The molecule has 0 aromatic carbocycles. The third kappa shape index (κ3) is 3.25. The van der Waals surface area contributed by atoms with Crippen molar-refractivity contribution in [2.75, 3.05) is 26.2 Å². The van der Waals surface area contributed by atoms with E-state index in [9.17, 15) is 14.4 Å². The Kier molecular flexibility index (Phi) is 4.51. The number of amides is 3. The molecule has 0 spiro atoms. The zero-order chi connectivity index (χ0) is 17.2. The van der Waals surface area contributed by atoms with Crippen molar-refractivity contribution in [3.63, 3.8) is 0 Å². The summed E-state index contributed by atoms with van der Waals surface area (Å²) in [6.07, 6.45) is 2.85. The second-order valence-electron chi connectivity index (χ2n) is 6.38. The van der Waals surface area contributed by atoms with Crippen molar-refractivity contribution in [2.24, 2.45) is 5.41 Å². The van der Waals surface area contributed by atoms with Gasteiger partial charge in [0.15, 0.2) is 0 Å². The van der Waals surface area contributed by atoms with Gasteiger partial charge in [-0.15, -0.1) is 0 Å². The Balaban J connectivity index is 1.56. The Bertz CT molecular complexity index is 634. The van der Waals surface area contributed by atoms with E-state index in [-0.39, 0.29) is 17.7 Å². The van der Waals surface area contributed by atoms with Crippen LogP contribution in [0.25, 0.3) is 0 Å². The van der Waals surface area contributed by atoms with Gasteiger partial charge in [-0.05, 0) is 25.0 Å². The maximum atomic E-state index is 12.8. The molecule has 1 aromatic heterocycles. The summed E-state index contributed by atoms with van der Waals surface area (Å²) in [6.45, 7) is 3.92. The highest BCUT2D eigenvalue weighted by atomic mass is 16.2. The number of hydrogen-bond donors (Lipinski definition) is 1. The van der Waals surface area contributed by atoms with Gasteiger partial charge in [-0.1, -0.05) is 6.07 Å². The molecular formula is C17H22N4O3. The van der Waals surface area contributed by atoms with E-state index in [1.165, 1.54) is 6.92 Å². The summed E-state index contributed by atoms with van der Waals surface area (Å²) >= 11 is 0. The maximum absolute atomic E-state index is 12.8. The van der Waals surface area contributed by atoms with Gasteiger partial charge in [0.05, 0.1) is 12.2 Å². The van der Waals surface area contributed by atoms with Crippen LogP contribution in [-0.2, 0) is 20.9 Å². The van der Waals surface area contributed by atoms with Crippen LogP contribution in [0, 0.1) is 5.41 Å². The van der Waals surface area contributed by atoms with E-state index >= 15 is 0 Å². The molecule has 7 heteroatoms. The molecule has 2 fully saturated rings. The van der Waals surface area contributed by atoms with Gasteiger partial charge in [-0.3, -0.25) is 19.4 Å². The lowest BCUT2D eigenvalue weighted by Crippen LogP contribution is -2.54. The van der Waals surface area contributed by atoms with E-state index < -0.39 is 5.41 Å². The first-order valence-electron chi connectivity index (χ1n) is 8.26. The molecule has 0 unspecified atom stereocenters. The molecular weight excluding hydrogens is 308 g/mol. The minimum absolute atomic E-state index is 0.0244. The van der Waals surface area contributed by atoms with Gasteiger partial charge in [0.1, 0.15) is 5.41 Å². The number of carbonyl (C=O) groups excluding carboxylic acids is 3. The van der Waals surface area contributed by atoms with E-state index in [2.05, 4.69) is 10.3 Å². The molecule has 0 bridgehead atoms. The summed E-state index contributed by atoms with van der Waals surface area (Å²) in [5.41, 5.74) is -0.142. The fourth-order valence-electron chi connectivity index (χ4n) is 3.03. The lowest BCUT2D eigenvalue weighted by molar-refractivity contribution is -0.147. The van der Waals surface area contributed by atoms with Crippen molar-refractivity contribution >= 4 is 17.7 Å². The van der Waals surface area contributed by atoms with Crippen molar-refractivity contribution in [3.8, 4) is 0 Å². The molecule has 1 saturated carbocycles. The average Bonchev–Trinajstić information content (AvgIpc) is 3.42. The van der Waals surface area contributed by atoms with E-state index in [0.717, 1.165) is 5.69 Å². The zero-order valence-corrected chi connectivity index (χ0v) is 13.8. The van der Waals surface area contributed by atoms with Crippen LogP contribution in [0.1, 0.15) is 25.5 Å². The summed E-state index contributed by atoms with van der Waals surface area (Å²) in [5.74, 6) is -0.298. The Hall–Kier alpha value is -2.44. The summed E-state index contributed by atoms with van der Waals surface area (Å²) in [5, 5.41) is 2.84. The van der Waals surface area contributed by atoms with Crippen LogP contribution in [-0.4, -0.2) is 58.7 Å². The van der Waals surface area contributed by atoms with Gasteiger partial charge in [0.25, 0.3) is 0 Å². The predicted molar refractivity (Wildman–Crippen MR) is 86.6 cm³/mol. The second-order valence-corrected chi connectivity index (χ2v) is 6.38. The van der Waals surface area contributed by atoms with Crippen LogP contribution in [0.2, 0.25) is 0 Å². The van der Waals surface area contributed by atoms with Crippen LogP contribution in [0.5, 0.6) is 0 Å². The molecule has 1 aliphatic heterocycles. The lowest BCUT2D eigenvalue weighted by atomic mass is 10.0. The second kappa shape index (κ2) is 6.59. The standard InChI is InChI=1S/C17H22N4O3/c1-13(22)20-8-10-21(11-9-20)16(24)17(5-6-17)15(23)19-12-14-4-2-3-7-18-14/h2-4,7H,5-6,8-12H2,1H3,(H,19,23). The van der Waals surface area contributed by atoms with Gasteiger partial charge in [0, 0.05) is 39.3 Å². The molecule has 3 amide bonds. The third-order valence-electron chi connectivity index (χ3n) is 4.76. The Morgan fingerprint density at radius 1 is 1.12 bits per heavy atom. The average molecular weight is 330 g/mol. The molecule has 128 valence electrons. The van der Waals surface area contributed by atoms with Gasteiger partial charge in [0.2, 0.25) is 17.7 Å². The van der Waals surface area contributed by atoms with Crippen molar-refractivity contribution < 1.29 is 14.4 Å². The van der Waals surface area contributed by atoms with Gasteiger partial charge >= 0.3 is 0 Å². The number of hydrogen-bond acceptors (Lipinski definition) is 4. The molecule has 3 rings (SSSR count). The first-order chi connectivity index (χ1) is 11.5. The zero-order valence-electron chi connectivity index (χ0n) is 13.8. The SMILES string of the molecule is CC(=O)N1CCN(C(=O)C2(C(=O)NCc3ccccn3)CC2)CC1. The van der Waals surface area contributed by atoms with Crippen molar-refractivity contribution in [3.05, 3.63) is 30.1 Å². The summed E-state index contributed by atoms with van der Waals surface area (Å²) in [4.78, 5) is 44.2. The number of nitrogens with one attached hydrogen (secondary N) is 1. The number of pyridine rings is 1. The Morgan fingerprint density at radius 2 is 1.79 bits per heavy atom. The lowest BCUT2D eigenvalue weighted by Gasteiger charge is -2.35. The number of piperazine rings is 1. The fourth-order valence-corrected chi connectivity index (χ4v) is 3.03. The summed E-state index contributed by atoms with van der Waals surface area (Å²) in [7, 11) is 0. The van der Waals surface area contributed by atoms with Gasteiger partial charge in [-0.2, -0.15) is 0 Å². The third-order valence-corrected chi connectivity index (χ3v) is 4.76. The van der Waals surface area contributed by atoms with E-state index in [0.29, 0.717) is 45.6 Å². The molecule has 1 N–H and O–H groups in total. The first-order valence-corrected chi connectivity index (χ1v) is 8.26. The normalized spacial score (nSPS) is 18.9. The number of rotatable bonds is 4. The highest BCUT2D eigenvalue weighted by molar-refractivity contribution is 6.07. The monoisotopic (exact) mass is 330 g/mol. The highest BCUT2D eigenvalue weighted by Crippen LogP contribution is 2.47. The molecule has 2 aliphatic rings. The smallest absolute Gasteiger partial charge is 0.238 e. The van der Waals surface area contributed by atoms with Gasteiger partial charge < -0.3 is 15.1 Å². The highest BCUT2D eigenvalue weighted by Gasteiger charge is 2.58.